The van der Waals surface area contributed by atoms with Crippen molar-refractivity contribution in [3.05, 3.63) is 0 Å². The third-order valence-corrected chi connectivity index (χ3v) is 5.46. The Morgan fingerprint density at radius 2 is 2.06 bits per heavy atom. The fourth-order valence-corrected chi connectivity index (χ4v) is 3.42. The molecule has 0 aromatic rings. The summed E-state index contributed by atoms with van der Waals surface area (Å²) >= 11 is 4.66. The second-order valence-electron chi connectivity index (χ2n) is 3.84. The van der Waals surface area contributed by atoms with Gasteiger partial charge in [0.15, 0.2) is 0 Å². The van der Waals surface area contributed by atoms with Crippen LogP contribution in [0, 0.1) is 5.92 Å². The maximum atomic E-state index is 11.9. The van der Waals surface area contributed by atoms with Crippen molar-refractivity contribution in [3.8, 4) is 0 Å². The second kappa shape index (κ2) is 4.64. The predicted molar refractivity (Wildman–Crippen MR) is 64.0 cm³/mol. The molecule has 0 spiro atoms. The number of rotatable bonds is 4. The normalized spacial score (nSPS) is 24.2. The number of hydrogen-bond donors (Lipinski definition) is 2. The number of thiocarbonyl (C=S) groups is 1. The van der Waals surface area contributed by atoms with Crippen molar-refractivity contribution >= 4 is 33.1 Å². The molecule has 1 aliphatic rings. The highest BCUT2D eigenvalue weighted by Gasteiger charge is 2.37. The molecule has 0 radical (unpaired) electrons. The highest BCUT2D eigenvalue weighted by Crippen LogP contribution is 2.21. The van der Waals surface area contributed by atoms with Crippen LogP contribution in [0.4, 0.5) is 0 Å². The largest absolute Gasteiger partial charge is 0.392 e. The summed E-state index contributed by atoms with van der Waals surface area (Å²) in [5.74, 6) is -0.881. The van der Waals surface area contributed by atoms with Gasteiger partial charge in [0, 0.05) is 13.1 Å². The lowest BCUT2D eigenvalue weighted by Gasteiger charge is -2.20. The standard InChI is InChI=1S/C8H15N3O3S2/c1-5(8(10)15)16(13,14)11-3-2-6(4-11)7(9)12/h5-6H,2-4H2,1H3,(H2,9,12)(H2,10,15). The molecule has 1 heterocycles. The van der Waals surface area contributed by atoms with Crippen LogP contribution in [0.5, 0.6) is 0 Å². The van der Waals surface area contributed by atoms with Gasteiger partial charge in [-0.15, -0.1) is 0 Å². The van der Waals surface area contributed by atoms with Gasteiger partial charge in [-0.1, -0.05) is 12.2 Å². The zero-order valence-corrected chi connectivity index (χ0v) is 10.6. The molecule has 0 aromatic heterocycles. The van der Waals surface area contributed by atoms with Crippen LogP contribution in [0.1, 0.15) is 13.3 Å². The number of carbonyl (C=O) groups is 1. The minimum atomic E-state index is -3.55. The van der Waals surface area contributed by atoms with Gasteiger partial charge in [-0.3, -0.25) is 4.79 Å². The Morgan fingerprint density at radius 1 is 1.50 bits per heavy atom. The topological polar surface area (TPSA) is 106 Å². The van der Waals surface area contributed by atoms with Crippen molar-refractivity contribution < 1.29 is 13.2 Å². The molecule has 1 fully saturated rings. The smallest absolute Gasteiger partial charge is 0.223 e. The maximum absolute atomic E-state index is 11.9. The molecule has 2 atom stereocenters. The molecule has 6 nitrogen and oxygen atoms in total. The van der Waals surface area contributed by atoms with Gasteiger partial charge >= 0.3 is 0 Å². The molecule has 1 amide bonds. The molecule has 8 heteroatoms. The van der Waals surface area contributed by atoms with E-state index in [1.165, 1.54) is 11.2 Å². The van der Waals surface area contributed by atoms with Gasteiger partial charge in [-0.2, -0.15) is 0 Å². The van der Waals surface area contributed by atoms with Crippen LogP contribution < -0.4 is 11.5 Å². The van der Waals surface area contributed by atoms with Crippen LogP contribution in [-0.2, 0) is 14.8 Å². The Kier molecular flexibility index (Phi) is 3.87. The fraction of sp³-hybridized carbons (Fsp3) is 0.750. The highest BCUT2D eigenvalue weighted by atomic mass is 32.2. The van der Waals surface area contributed by atoms with E-state index in [0.717, 1.165) is 0 Å². The molecule has 1 aliphatic heterocycles. The number of sulfonamides is 1. The summed E-state index contributed by atoms with van der Waals surface area (Å²) in [5.41, 5.74) is 10.4. The van der Waals surface area contributed by atoms with Crippen LogP contribution >= 0.6 is 12.2 Å². The van der Waals surface area contributed by atoms with E-state index in [2.05, 4.69) is 12.2 Å². The van der Waals surface area contributed by atoms with Crippen molar-refractivity contribution in [2.75, 3.05) is 13.1 Å². The summed E-state index contributed by atoms with van der Waals surface area (Å²) < 4.78 is 25.1. The SMILES string of the molecule is CC(C(N)=S)S(=O)(=O)N1CCC(C(N)=O)C1. The van der Waals surface area contributed by atoms with E-state index in [0.29, 0.717) is 13.0 Å². The van der Waals surface area contributed by atoms with Gasteiger partial charge < -0.3 is 11.5 Å². The molecular weight excluding hydrogens is 250 g/mol. The number of amides is 1. The quantitative estimate of drug-likeness (QED) is 0.621. The van der Waals surface area contributed by atoms with Crippen LogP contribution in [0.25, 0.3) is 0 Å². The Bertz CT molecular complexity index is 407. The number of carbonyl (C=O) groups excluding carboxylic acids is 1. The van der Waals surface area contributed by atoms with E-state index in [1.54, 1.807) is 0 Å². The average Bonchev–Trinajstić information content (AvgIpc) is 2.65. The minimum Gasteiger partial charge on any atom is -0.392 e. The van der Waals surface area contributed by atoms with Gasteiger partial charge in [0.2, 0.25) is 15.9 Å². The van der Waals surface area contributed by atoms with Crippen molar-refractivity contribution in [3.63, 3.8) is 0 Å². The van der Waals surface area contributed by atoms with Gasteiger partial charge in [0.25, 0.3) is 0 Å². The summed E-state index contributed by atoms with van der Waals surface area (Å²) in [5, 5.41) is -0.908. The second-order valence-corrected chi connectivity index (χ2v) is 6.56. The van der Waals surface area contributed by atoms with Crippen molar-refractivity contribution in [1.29, 1.82) is 0 Å². The Hall–Kier alpha value is -0.730. The molecule has 1 rings (SSSR count). The third-order valence-electron chi connectivity index (χ3n) is 2.76. The lowest BCUT2D eigenvalue weighted by molar-refractivity contribution is -0.121. The molecule has 0 saturated carbocycles. The number of nitrogens with zero attached hydrogens (tertiary/aromatic N) is 1. The summed E-state index contributed by atoms with van der Waals surface area (Å²) in [7, 11) is -3.55. The van der Waals surface area contributed by atoms with E-state index in [4.69, 9.17) is 11.5 Å². The summed E-state index contributed by atoms with van der Waals surface area (Å²) in [6.45, 7) is 1.86. The lowest BCUT2D eigenvalue weighted by atomic mass is 10.1. The number of primary amides is 1. The van der Waals surface area contributed by atoms with Crippen LogP contribution in [0.2, 0.25) is 0 Å². The molecule has 4 N–H and O–H groups in total. The Labute approximate surface area is 100 Å². The minimum absolute atomic E-state index is 0.0671. The van der Waals surface area contributed by atoms with Crippen molar-refractivity contribution in [2.45, 2.75) is 18.6 Å². The number of nitrogens with two attached hydrogens (primary N) is 2. The molecule has 16 heavy (non-hydrogen) atoms. The molecular formula is C8H15N3O3S2. The Balaban J connectivity index is 2.81. The van der Waals surface area contributed by atoms with E-state index in [1.807, 2.05) is 0 Å². The molecule has 2 unspecified atom stereocenters. The molecule has 92 valence electrons. The first-order valence-corrected chi connectivity index (χ1v) is 6.75. The van der Waals surface area contributed by atoms with Crippen LogP contribution in [0.3, 0.4) is 0 Å². The van der Waals surface area contributed by atoms with Crippen molar-refractivity contribution in [2.24, 2.45) is 17.4 Å². The van der Waals surface area contributed by atoms with Gasteiger partial charge in [0.1, 0.15) is 5.25 Å². The molecule has 0 aromatic carbocycles. The van der Waals surface area contributed by atoms with Crippen molar-refractivity contribution in [1.82, 2.24) is 4.31 Å². The van der Waals surface area contributed by atoms with Crippen LogP contribution in [-0.4, -0.2) is 42.0 Å². The van der Waals surface area contributed by atoms with E-state index in [9.17, 15) is 13.2 Å². The van der Waals surface area contributed by atoms with Gasteiger partial charge in [-0.25, -0.2) is 12.7 Å². The fourth-order valence-electron chi connectivity index (χ4n) is 1.56. The zero-order valence-electron chi connectivity index (χ0n) is 8.92. The monoisotopic (exact) mass is 265 g/mol. The molecule has 0 bridgehead atoms. The van der Waals surface area contributed by atoms with Crippen LogP contribution in [0.15, 0.2) is 0 Å². The van der Waals surface area contributed by atoms with E-state index >= 15 is 0 Å². The predicted octanol–water partition coefficient (Wildman–Crippen LogP) is -1.20. The average molecular weight is 265 g/mol. The zero-order chi connectivity index (χ0) is 12.5. The summed E-state index contributed by atoms with van der Waals surface area (Å²) in [6, 6.07) is 0. The summed E-state index contributed by atoms with van der Waals surface area (Å²) in [4.78, 5) is 10.9. The van der Waals surface area contributed by atoms with Gasteiger partial charge in [0.05, 0.1) is 10.9 Å². The molecule has 1 saturated heterocycles. The Morgan fingerprint density at radius 3 is 2.44 bits per heavy atom. The maximum Gasteiger partial charge on any atom is 0.223 e. The van der Waals surface area contributed by atoms with Gasteiger partial charge in [-0.05, 0) is 13.3 Å². The van der Waals surface area contributed by atoms with E-state index in [-0.39, 0.29) is 11.5 Å². The first-order valence-electron chi connectivity index (χ1n) is 4.84. The first kappa shape index (κ1) is 13.3. The van der Waals surface area contributed by atoms with E-state index < -0.39 is 27.1 Å². The first-order chi connectivity index (χ1) is 7.26. The molecule has 0 aliphatic carbocycles. The highest BCUT2D eigenvalue weighted by molar-refractivity contribution is 7.92. The number of hydrogen-bond acceptors (Lipinski definition) is 4. The lowest BCUT2D eigenvalue weighted by Crippen LogP contribution is -2.42. The summed E-state index contributed by atoms with van der Waals surface area (Å²) in [6.07, 6.45) is 0.457. The third kappa shape index (κ3) is 2.50.